The highest BCUT2D eigenvalue weighted by molar-refractivity contribution is 5.81. The highest BCUT2D eigenvalue weighted by Gasteiger charge is 2.25. The molecule has 1 atom stereocenters. The molecule has 0 bridgehead atoms. The summed E-state index contributed by atoms with van der Waals surface area (Å²) in [6.45, 7) is 4.15. The molecule has 25 heavy (non-hydrogen) atoms. The van der Waals surface area contributed by atoms with Crippen molar-refractivity contribution >= 4 is 11.6 Å². The lowest BCUT2D eigenvalue weighted by atomic mass is 10.00. The Balaban J connectivity index is 1.58. The minimum Gasteiger partial charge on any atom is -0.371 e. The number of hydrogen-bond donors (Lipinski definition) is 2. The zero-order valence-corrected chi connectivity index (χ0v) is 14.8. The molecule has 3 N–H and O–H groups in total. The van der Waals surface area contributed by atoms with Crippen LogP contribution in [0.1, 0.15) is 36.9 Å². The van der Waals surface area contributed by atoms with Crippen molar-refractivity contribution in [3.05, 3.63) is 65.7 Å². The van der Waals surface area contributed by atoms with Crippen LogP contribution in [-0.2, 0) is 11.2 Å². The summed E-state index contributed by atoms with van der Waals surface area (Å²) >= 11 is 0. The molecule has 1 saturated heterocycles. The van der Waals surface area contributed by atoms with E-state index in [2.05, 4.69) is 41.4 Å². The average Bonchev–Trinajstić information content (AvgIpc) is 2.67. The van der Waals surface area contributed by atoms with Crippen molar-refractivity contribution in [2.75, 3.05) is 18.0 Å². The lowest BCUT2D eigenvalue weighted by molar-refractivity contribution is -0.120. The van der Waals surface area contributed by atoms with Gasteiger partial charge in [-0.15, -0.1) is 0 Å². The van der Waals surface area contributed by atoms with Gasteiger partial charge in [-0.1, -0.05) is 49.4 Å². The van der Waals surface area contributed by atoms with Crippen LogP contribution in [0.15, 0.2) is 54.6 Å². The monoisotopic (exact) mass is 337 g/mol. The molecule has 0 spiro atoms. The second-order valence-electron chi connectivity index (χ2n) is 6.69. The van der Waals surface area contributed by atoms with E-state index in [-0.39, 0.29) is 5.91 Å². The normalized spacial score (nSPS) is 16.6. The highest BCUT2D eigenvalue weighted by Crippen LogP contribution is 2.22. The number of nitrogens with zero attached hydrogens (tertiary/aromatic N) is 1. The summed E-state index contributed by atoms with van der Waals surface area (Å²) in [7, 11) is 0. The zero-order chi connectivity index (χ0) is 17.6. The number of carbonyl (C=O) groups excluding carboxylic acids is 1. The van der Waals surface area contributed by atoms with Crippen LogP contribution in [0.2, 0.25) is 0 Å². The second kappa shape index (κ2) is 8.17. The van der Waals surface area contributed by atoms with Crippen LogP contribution >= 0.6 is 0 Å². The van der Waals surface area contributed by atoms with Crippen LogP contribution < -0.4 is 16.0 Å². The molecule has 4 nitrogen and oxygen atoms in total. The van der Waals surface area contributed by atoms with Crippen LogP contribution in [-0.4, -0.2) is 25.0 Å². The second-order valence-corrected chi connectivity index (χ2v) is 6.69. The summed E-state index contributed by atoms with van der Waals surface area (Å²) < 4.78 is 0. The summed E-state index contributed by atoms with van der Waals surface area (Å²) in [5.74, 6) is -0.316. The van der Waals surface area contributed by atoms with Crippen LogP contribution in [0.4, 0.5) is 5.69 Å². The number of primary amides is 1. The molecule has 2 aromatic carbocycles. The molecule has 4 heteroatoms. The molecule has 2 aromatic rings. The molecule has 0 saturated carbocycles. The Kier molecular flexibility index (Phi) is 5.71. The number of nitrogens with two attached hydrogens (primary N) is 1. The predicted octanol–water partition coefficient (Wildman–Crippen LogP) is 3.03. The van der Waals surface area contributed by atoms with Gasteiger partial charge in [0.1, 0.15) is 6.04 Å². The SMILES string of the molecule is CCc1ccc(N2CCC(N[C@@H](C(N)=O)c3ccccc3)CC2)cc1. The largest absolute Gasteiger partial charge is 0.371 e. The lowest BCUT2D eigenvalue weighted by Gasteiger charge is -2.35. The van der Waals surface area contributed by atoms with Gasteiger partial charge >= 0.3 is 0 Å². The molecule has 0 aromatic heterocycles. The number of nitrogens with one attached hydrogen (secondary N) is 1. The molecule has 0 aliphatic carbocycles. The smallest absolute Gasteiger partial charge is 0.239 e. The van der Waals surface area contributed by atoms with Crippen LogP contribution in [0.3, 0.4) is 0 Å². The first kappa shape index (κ1) is 17.5. The fraction of sp³-hybridized carbons (Fsp3) is 0.381. The van der Waals surface area contributed by atoms with Gasteiger partial charge in [-0.05, 0) is 42.5 Å². The molecular formula is C21H27N3O. The van der Waals surface area contributed by atoms with Gasteiger partial charge in [0.05, 0.1) is 0 Å². The summed E-state index contributed by atoms with van der Waals surface area (Å²) in [4.78, 5) is 14.3. The molecule has 1 heterocycles. The Labute approximate surface area is 150 Å². The van der Waals surface area contributed by atoms with E-state index < -0.39 is 6.04 Å². The first-order valence-electron chi connectivity index (χ1n) is 9.11. The van der Waals surface area contributed by atoms with E-state index in [0.29, 0.717) is 6.04 Å². The number of rotatable bonds is 6. The minimum absolute atomic E-state index is 0.309. The third kappa shape index (κ3) is 4.40. The van der Waals surface area contributed by atoms with Crippen molar-refractivity contribution in [2.45, 2.75) is 38.3 Å². The Hall–Kier alpha value is -2.33. The molecule has 132 valence electrons. The number of carbonyl (C=O) groups is 1. The third-order valence-corrected chi connectivity index (χ3v) is 5.02. The lowest BCUT2D eigenvalue weighted by Crippen LogP contribution is -2.46. The zero-order valence-electron chi connectivity index (χ0n) is 14.8. The van der Waals surface area contributed by atoms with E-state index in [1.54, 1.807) is 0 Å². The summed E-state index contributed by atoms with van der Waals surface area (Å²) in [5.41, 5.74) is 9.21. The standard InChI is InChI=1S/C21H27N3O/c1-2-16-8-10-19(11-9-16)24-14-12-18(13-15-24)23-20(21(22)25)17-6-4-3-5-7-17/h3-11,18,20,23H,2,12-15H2,1H3,(H2,22,25)/t20-/m1/s1. The first-order chi connectivity index (χ1) is 12.2. The number of aryl methyl sites for hydroxylation is 1. The number of anilines is 1. The first-order valence-corrected chi connectivity index (χ1v) is 9.11. The Bertz CT molecular complexity index is 676. The maximum absolute atomic E-state index is 11.9. The Morgan fingerprint density at radius 3 is 2.32 bits per heavy atom. The number of amides is 1. The van der Waals surface area contributed by atoms with E-state index in [0.717, 1.165) is 37.9 Å². The van der Waals surface area contributed by atoms with Gasteiger partial charge in [-0.2, -0.15) is 0 Å². The molecule has 1 fully saturated rings. The fourth-order valence-corrected chi connectivity index (χ4v) is 3.47. The van der Waals surface area contributed by atoms with E-state index in [4.69, 9.17) is 5.73 Å². The molecule has 0 radical (unpaired) electrons. The molecule has 1 amide bonds. The maximum Gasteiger partial charge on any atom is 0.239 e. The van der Waals surface area contributed by atoms with Gasteiger partial charge in [-0.25, -0.2) is 0 Å². The molecule has 1 aliphatic heterocycles. The highest BCUT2D eigenvalue weighted by atomic mass is 16.1. The van der Waals surface area contributed by atoms with Crippen molar-refractivity contribution in [1.29, 1.82) is 0 Å². The van der Waals surface area contributed by atoms with E-state index in [1.807, 2.05) is 30.3 Å². The van der Waals surface area contributed by atoms with Crippen molar-refractivity contribution in [3.63, 3.8) is 0 Å². The molecule has 0 unspecified atom stereocenters. The predicted molar refractivity (Wildman–Crippen MR) is 103 cm³/mol. The van der Waals surface area contributed by atoms with Gasteiger partial charge < -0.3 is 10.6 Å². The van der Waals surface area contributed by atoms with Gasteiger partial charge in [-0.3, -0.25) is 10.1 Å². The van der Waals surface area contributed by atoms with Crippen LogP contribution in [0.5, 0.6) is 0 Å². The van der Waals surface area contributed by atoms with Crippen molar-refractivity contribution in [1.82, 2.24) is 5.32 Å². The quantitative estimate of drug-likeness (QED) is 0.852. The molecular weight excluding hydrogens is 310 g/mol. The van der Waals surface area contributed by atoms with Gasteiger partial charge in [0.15, 0.2) is 0 Å². The summed E-state index contributed by atoms with van der Waals surface area (Å²) in [6, 6.07) is 18.5. The van der Waals surface area contributed by atoms with Gasteiger partial charge in [0, 0.05) is 24.8 Å². The van der Waals surface area contributed by atoms with Crippen molar-refractivity contribution < 1.29 is 4.79 Å². The number of benzene rings is 2. The average molecular weight is 337 g/mol. The van der Waals surface area contributed by atoms with Gasteiger partial charge in [0.25, 0.3) is 0 Å². The molecule has 1 aliphatic rings. The maximum atomic E-state index is 11.9. The Morgan fingerprint density at radius 2 is 1.76 bits per heavy atom. The Morgan fingerprint density at radius 1 is 1.12 bits per heavy atom. The molecule has 3 rings (SSSR count). The minimum atomic E-state index is -0.415. The number of piperidine rings is 1. The third-order valence-electron chi connectivity index (χ3n) is 5.02. The van der Waals surface area contributed by atoms with Crippen LogP contribution in [0.25, 0.3) is 0 Å². The van der Waals surface area contributed by atoms with E-state index in [9.17, 15) is 4.79 Å². The summed E-state index contributed by atoms with van der Waals surface area (Å²) in [6.07, 6.45) is 3.08. The van der Waals surface area contributed by atoms with Crippen molar-refractivity contribution in [3.8, 4) is 0 Å². The summed E-state index contributed by atoms with van der Waals surface area (Å²) in [5, 5.41) is 3.46. The van der Waals surface area contributed by atoms with Crippen molar-refractivity contribution in [2.24, 2.45) is 5.73 Å². The van der Waals surface area contributed by atoms with E-state index >= 15 is 0 Å². The fourth-order valence-electron chi connectivity index (χ4n) is 3.47. The van der Waals surface area contributed by atoms with E-state index in [1.165, 1.54) is 11.3 Å². The van der Waals surface area contributed by atoms with Gasteiger partial charge in [0.2, 0.25) is 5.91 Å². The topological polar surface area (TPSA) is 58.4 Å². The number of hydrogen-bond acceptors (Lipinski definition) is 3. The van der Waals surface area contributed by atoms with Crippen LogP contribution in [0, 0.1) is 0 Å².